The number of carbonyl (C=O) groups is 2. The number of anilines is 1. The van der Waals surface area contributed by atoms with Gasteiger partial charge in [0.2, 0.25) is 5.91 Å². The second-order valence-corrected chi connectivity index (χ2v) is 6.98. The maximum Gasteiger partial charge on any atom is 0.254 e. The van der Waals surface area contributed by atoms with Gasteiger partial charge in [-0.2, -0.15) is 0 Å². The first-order valence-corrected chi connectivity index (χ1v) is 8.66. The van der Waals surface area contributed by atoms with Crippen molar-refractivity contribution in [3.63, 3.8) is 0 Å². The van der Waals surface area contributed by atoms with Gasteiger partial charge in [0.05, 0.1) is 5.69 Å². The van der Waals surface area contributed by atoms with Crippen LogP contribution in [0.3, 0.4) is 0 Å². The zero-order valence-electron chi connectivity index (χ0n) is 12.9. The Kier molecular flexibility index (Phi) is 4.40. The molecule has 6 heteroatoms. The molecule has 118 valence electrons. The van der Waals surface area contributed by atoms with Crippen molar-refractivity contribution in [1.82, 2.24) is 10.2 Å². The SMILES string of the molecule is CC1NCCN(C(=O)c2ccc3c(c2)NC(=O)CCS3)C1C. The lowest BCUT2D eigenvalue weighted by atomic mass is 10.0. The highest BCUT2D eigenvalue weighted by molar-refractivity contribution is 7.99. The van der Waals surface area contributed by atoms with E-state index >= 15 is 0 Å². The molecule has 0 radical (unpaired) electrons. The molecule has 1 fully saturated rings. The summed E-state index contributed by atoms with van der Waals surface area (Å²) in [5, 5.41) is 6.28. The molecule has 2 heterocycles. The van der Waals surface area contributed by atoms with Crippen molar-refractivity contribution in [2.75, 3.05) is 24.2 Å². The van der Waals surface area contributed by atoms with E-state index in [1.165, 1.54) is 0 Å². The fourth-order valence-corrected chi connectivity index (χ4v) is 3.80. The van der Waals surface area contributed by atoms with Gasteiger partial charge in [-0.25, -0.2) is 0 Å². The summed E-state index contributed by atoms with van der Waals surface area (Å²) in [5.41, 5.74) is 1.40. The molecule has 0 saturated carbocycles. The van der Waals surface area contributed by atoms with Crippen LogP contribution in [0.25, 0.3) is 0 Å². The van der Waals surface area contributed by atoms with Crippen LogP contribution in [-0.4, -0.2) is 47.6 Å². The van der Waals surface area contributed by atoms with Crippen molar-refractivity contribution < 1.29 is 9.59 Å². The minimum atomic E-state index is 0.0139. The Labute approximate surface area is 134 Å². The monoisotopic (exact) mass is 319 g/mol. The third-order valence-corrected chi connectivity index (χ3v) is 5.46. The molecule has 0 aromatic heterocycles. The van der Waals surface area contributed by atoms with E-state index in [0.29, 0.717) is 18.5 Å². The number of thioether (sulfide) groups is 1. The number of rotatable bonds is 1. The van der Waals surface area contributed by atoms with E-state index in [-0.39, 0.29) is 23.9 Å². The first-order chi connectivity index (χ1) is 10.6. The molecule has 2 amide bonds. The number of nitrogens with one attached hydrogen (secondary N) is 2. The highest BCUT2D eigenvalue weighted by Gasteiger charge is 2.29. The van der Waals surface area contributed by atoms with Crippen LogP contribution in [0.15, 0.2) is 23.1 Å². The number of benzene rings is 1. The highest BCUT2D eigenvalue weighted by atomic mass is 32.2. The van der Waals surface area contributed by atoms with Crippen molar-refractivity contribution in [3.8, 4) is 0 Å². The van der Waals surface area contributed by atoms with Crippen LogP contribution in [0.4, 0.5) is 5.69 Å². The van der Waals surface area contributed by atoms with Crippen LogP contribution in [0, 0.1) is 0 Å². The van der Waals surface area contributed by atoms with Crippen molar-refractivity contribution >= 4 is 29.3 Å². The molecule has 1 aromatic rings. The maximum absolute atomic E-state index is 12.8. The first kappa shape index (κ1) is 15.4. The first-order valence-electron chi connectivity index (χ1n) is 7.67. The lowest BCUT2D eigenvalue weighted by Gasteiger charge is -2.38. The minimum Gasteiger partial charge on any atom is -0.333 e. The standard InChI is InChI=1S/C16H21N3O2S/c1-10-11(2)19(7-6-17-10)16(21)12-3-4-14-13(9-12)18-15(20)5-8-22-14/h3-4,9-11,17H,5-8H2,1-2H3,(H,18,20). The molecule has 5 nitrogen and oxygen atoms in total. The van der Waals surface area contributed by atoms with Crippen molar-refractivity contribution in [2.45, 2.75) is 37.2 Å². The van der Waals surface area contributed by atoms with Gasteiger partial charge in [0.1, 0.15) is 0 Å². The Morgan fingerprint density at radius 1 is 1.36 bits per heavy atom. The summed E-state index contributed by atoms with van der Waals surface area (Å²) in [4.78, 5) is 27.4. The van der Waals surface area contributed by atoms with Crippen LogP contribution in [0.2, 0.25) is 0 Å². The van der Waals surface area contributed by atoms with E-state index in [9.17, 15) is 9.59 Å². The van der Waals surface area contributed by atoms with Crippen LogP contribution in [0.1, 0.15) is 30.6 Å². The summed E-state index contributed by atoms with van der Waals surface area (Å²) in [7, 11) is 0. The quantitative estimate of drug-likeness (QED) is 0.830. The average molecular weight is 319 g/mol. The Morgan fingerprint density at radius 2 is 2.18 bits per heavy atom. The molecule has 22 heavy (non-hydrogen) atoms. The van der Waals surface area contributed by atoms with Crippen molar-refractivity contribution in [1.29, 1.82) is 0 Å². The van der Waals surface area contributed by atoms with E-state index in [1.807, 2.05) is 23.1 Å². The highest BCUT2D eigenvalue weighted by Crippen LogP contribution is 2.32. The lowest BCUT2D eigenvalue weighted by Crippen LogP contribution is -2.57. The summed E-state index contributed by atoms with van der Waals surface area (Å²) >= 11 is 1.65. The summed E-state index contributed by atoms with van der Waals surface area (Å²) < 4.78 is 0. The predicted molar refractivity (Wildman–Crippen MR) is 88.4 cm³/mol. The normalized spacial score (nSPS) is 25.2. The lowest BCUT2D eigenvalue weighted by molar-refractivity contribution is -0.115. The van der Waals surface area contributed by atoms with E-state index < -0.39 is 0 Å². The van der Waals surface area contributed by atoms with Gasteiger partial charge < -0.3 is 15.5 Å². The Bertz CT molecular complexity index is 605. The number of fused-ring (bicyclic) bond motifs is 1. The molecule has 2 aliphatic rings. The topological polar surface area (TPSA) is 61.4 Å². The second-order valence-electron chi connectivity index (χ2n) is 5.84. The maximum atomic E-state index is 12.8. The minimum absolute atomic E-state index is 0.0139. The number of piperazine rings is 1. The van der Waals surface area contributed by atoms with Crippen molar-refractivity contribution in [3.05, 3.63) is 23.8 Å². The van der Waals surface area contributed by atoms with Gasteiger partial charge in [-0.3, -0.25) is 9.59 Å². The molecule has 0 aliphatic carbocycles. The van der Waals surface area contributed by atoms with Gasteiger partial charge in [-0.1, -0.05) is 0 Å². The molecular formula is C16H21N3O2S. The molecule has 0 spiro atoms. The molecule has 3 rings (SSSR count). The molecule has 0 bridgehead atoms. The third-order valence-electron chi connectivity index (χ3n) is 4.38. The van der Waals surface area contributed by atoms with Gasteiger partial charge in [0, 0.05) is 47.8 Å². The van der Waals surface area contributed by atoms with Gasteiger partial charge in [0.25, 0.3) is 5.91 Å². The number of amides is 2. The van der Waals surface area contributed by atoms with E-state index in [4.69, 9.17) is 0 Å². The van der Waals surface area contributed by atoms with Gasteiger partial charge in [-0.15, -0.1) is 11.8 Å². The molecule has 2 N–H and O–H groups in total. The summed E-state index contributed by atoms with van der Waals surface area (Å²) in [5.74, 6) is 0.825. The van der Waals surface area contributed by atoms with Crippen LogP contribution >= 0.6 is 11.8 Å². The molecule has 1 aromatic carbocycles. The van der Waals surface area contributed by atoms with Gasteiger partial charge >= 0.3 is 0 Å². The molecular weight excluding hydrogens is 298 g/mol. The van der Waals surface area contributed by atoms with Gasteiger partial charge in [0.15, 0.2) is 0 Å². The number of nitrogens with zero attached hydrogens (tertiary/aromatic N) is 1. The fraction of sp³-hybridized carbons (Fsp3) is 0.500. The Morgan fingerprint density at radius 3 is 3.00 bits per heavy atom. The summed E-state index contributed by atoms with van der Waals surface area (Å²) in [6.45, 7) is 5.69. The zero-order chi connectivity index (χ0) is 15.7. The number of hydrogen-bond acceptors (Lipinski definition) is 4. The van der Waals surface area contributed by atoms with Crippen molar-refractivity contribution in [2.24, 2.45) is 0 Å². The molecule has 2 aliphatic heterocycles. The predicted octanol–water partition coefficient (Wildman–Crippen LogP) is 1.94. The fourth-order valence-electron chi connectivity index (χ4n) is 2.86. The largest absolute Gasteiger partial charge is 0.333 e. The molecule has 2 unspecified atom stereocenters. The van der Waals surface area contributed by atoms with Crippen LogP contribution < -0.4 is 10.6 Å². The average Bonchev–Trinajstić information content (AvgIpc) is 2.69. The second kappa shape index (κ2) is 6.30. The Balaban J connectivity index is 1.85. The molecule has 2 atom stereocenters. The molecule has 1 saturated heterocycles. The van der Waals surface area contributed by atoms with E-state index in [1.54, 1.807) is 11.8 Å². The van der Waals surface area contributed by atoms with Gasteiger partial charge in [-0.05, 0) is 32.0 Å². The van der Waals surface area contributed by atoms with Crippen LogP contribution in [-0.2, 0) is 4.79 Å². The van der Waals surface area contributed by atoms with Crippen LogP contribution in [0.5, 0.6) is 0 Å². The van der Waals surface area contributed by atoms with E-state index in [0.717, 1.165) is 22.9 Å². The third kappa shape index (κ3) is 2.98. The number of hydrogen-bond donors (Lipinski definition) is 2. The van der Waals surface area contributed by atoms with E-state index in [2.05, 4.69) is 24.5 Å². The number of carbonyl (C=O) groups excluding carboxylic acids is 2. The Hall–Kier alpha value is -1.53. The summed E-state index contributed by atoms with van der Waals surface area (Å²) in [6, 6.07) is 6.06. The summed E-state index contributed by atoms with van der Waals surface area (Å²) in [6.07, 6.45) is 0.509. The zero-order valence-corrected chi connectivity index (χ0v) is 13.7. The smallest absolute Gasteiger partial charge is 0.254 e.